The van der Waals surface area contributed by atoms with E-state index in [0.717, 1.165) is 5.71 Å². The summed E-state index contributed by atoms with van der Waals surface area (Å²) in [5, 5.41) is 6.79. The summed E-state index contributed by atoms with van der Waals surface area (Å²) in [6, 6.07) is 0. The molecule has 0 aliphatic carbocycles. The molecule has 0 fully saturated rings. The highest BCUT2D eigenvalue weighted by molar-refractivity contribution is 6.36. The first-order valence-corrected chi connectivity index (χ1v) is 1.97. The summed E-state index contributed by atoms with van der Waals surface area (Å²) in [7, 11) is 0. The van der Waals surface area contributed by atoms with Crippen LogP contribution in [0.1, 0.15) is 6.92 Å². The summed E-state index contributed by atoms with van der Waals surface area (Å²) in [6.07, 6.45) is 1.57. The first-order chi connectivity index (χ1) is 3.29. The predicted octanol–water partition coefficient (Wildman–Crippen LogP) is 0.466. The van der Waals surface area contributed by atoms with E-state index >= 15 is 0 Å². The van der Waals surface area contributed by atoms with Crippen LogP contribution in [0.25, 0.3) is 0 Å². The Morgan fingerprint density at radius 2 is 2.43 bits per heavy atom. The fraction of sp³-hybridized carbons (Fsp3) is 0.250. The summed E-state index contributed by atoms with van der Waals surface area (Å²) in [6.45, 7) is 1.81. The lowest BCUT2D eigenvalue weighted by atomic mass is 10.5. The van der Waals surface area contributed by atoms with Gasteiger partial charge in [0.25, 0.3) is 0 Å². The maximum Gasteiger partial charge on any atom is 0.242 e. The molecule has 1 rings (SSSR count). The first kappa shape index (κ1) is 4.18. The van der Waals surface area contributed by atoms with E-state index in [1.807, 2.05) is 6.92 Å². The second-order valence-electron chi connectivity index (χ2n) is 1.33. The summed E-state index contributed by atoms with van der Waals surface area (Å²) < 4.78 is 0. The van der Waals surface area contributed by atoms with Crippen LogP contribution in [0.2, 0.25) is 0 Å². The third kappa shape index (κ3) is 0.707. The Labute approximate surface area is 41.3 Å². The summed E-state index contributed by atoms with van der Waals surface area (Å²) >= 11 is 0. The van der Waals surface area contributed by atoms with Crippen molar-refractivity contribution in [1.29, 1.82) is 5.41 Å². The Kier molecular flexibility index (Phi) is 0.749. The van der Waals surface area contributed by atoms with Gasteiger partial charge < -0.3 is 0 Å². The topological polar surface area (TPSA) is 48.6 Å². The number of nitrogens with one attached hydrogen (secondary N) is 1. The van der Waals surface area contributed by atoms with Crippen LogP contribution in [0.4, 0.5) is 0 Å². The number of guanidine groups is 1. The van der Waals surface area contributed by atoms with E-state index in [-0.39, 0.29) is 5.96 Å². The van der Waals surface area contributed by atoms with Gasteiger partial charge in [0.2, 0.25) is 5.96 Å². The zero-order chi connectivity index (χ0) is 5.28. The van der Waals surface area contributed by atoms with Gasteiger partial charge in [0, 0.05) is 0 Å². The van der Waals surface area contributed by atoms with Crippen molar-refractivity contribution < 1.29 is 0 Å². The number of hydrogen-bond donors (Lipinski definition) is 1. The van der Waals surface area contributed by atoms with Crippen molar-refractivity contribution in [2.75, 3.05) is 0 Å². The average Bonchev–Trinajstić information content (AvgIpc) is 1.87. The number of aliphatic imine (C=N–C) groups is 2. The van der Waals surface area contributed by atoms with Crippen LogP contribution in [0.3, 0.4) is 0 Å². The molecule has 36 valence electrons. The Balaban J connectivity index is 2.88. The highest BCUT2D eigenvalue weighted by Gasteiger charge is 1.95. The molecule has 0 aromatic heterocycles. The Morgan fingerprint density at radius 1 is 1.71 bits per heavy atom. The molecule has 0 aromatic carbocycles. The second kappa shape index (κ2) is 1.26. The highest BCUT2D eigenvalue weighted by Crippen LogP contribution is 1.87. The molecule has 7 heavy (non-hydrogen) atoms. The molecule has 0 saturated heterocycles. The van der Waals surface area contributed by atoms with Crippen molar-refractivity contribution in [2.45, 2.75) is 6.92 Å². The van der Waals surface area contributed by atoms with Gasteiger partial charge in [0.05, 0.1) is 11.9 Å². The van der Waals surface area contributed by atoms with Crippen LogP contribution in [-0.4, -0.2) is 17.9 Å². The molecule has 0 amide bonds. The monoisotopic (exact) mass is 95.0 g/mol. The van der Waals surface area contributed by atoms with Crippen LogP contribution >= 0.6 is 0 Å². The van der Waals surface area contributed by atoms with Crippen LogP contribution in [0, 0.1) is 5.41 Å². The molecule has 1 aliphatic heterocycles. The minimum Gasteiger partial charge on any atom is -0.265 e. The fourth-order valence-corrected chi connectivity index (χ4v) is 0.379. The van der Waals surface area contributed by atoms with Gasteiger partial charge in [-0.2, -0.15) is 0 Å². The predicted molar refractivity (Wildman–Crippen MR) is 29.3 cm³/mol. The molecule has 1 N–H and O–H groups in total. The van der Waals surface area contributed by atoms with Gasteiger partial charge in [-0.3, -0.25) is 5.41 Å². The zero-order valence-electron chi connectivity index (χ0n) is 3.97. The SMILES string of the molecule is CC1=NC(=N)N=C1. The fourth-order valence-electron chi connectivity index (χ4n) is 0.379. The van der Waals surface area contributed by atoms with Gasteiger partial charge in [-0.15, -0.1) is 0 Å². The molecule has 1 heterocycles. The Morgan fingerprint density at radius 3 is 2.57 bits per heavy atom. The standard InChI is InChI=1S/C4H5N3/c1-3-2-6-4(5)7-3/h2,5H,1H3. The zero-order valence-corrected chi connectivity index (χ0v) is 3.97. The van der Waals surface area contributed by atoms with Crippen LogP contribution in [0.15, 0.2) is 9.98 Å². The van der Waals surface area contributed by atoms with Crippen molar-refractivity contribution in [3.05, 3.63) is 0 Å². The van der Waals surface area contributed by atoms with Gasteiger partial charge in [0.1, 0.15) is 0 Å². The second-order valence-corrected chi connectivity index (χ2v) is 1.33. The maximum atomic E-state index is 6.79. The van der Waals surface area contributed by atoms with Crippen LogP contribution < -0.4 is 0 Å². The van der Waals surface area contributed by atoms with Crippen molar-refractivity contribution in [3.63, 3.8) is 0 Å². The number of hydrogen-bond acceptors (Lipinski definition) is 1. The van der Waals surface area contributed by atoms with Gasteiger partial charge in [-0.05, 0) is 6.92 Å². The lowest BCUT2D eigenvalue weighted by molar-refractivity contribution is 1.40. The molecule has 0 bridgehead atoms. The molecular weight excluding hydrogens is 90.1 g/mol. The first-order valence-electron chi connectivity index (χ1n) is 1.97. The largest absolute Gasteiger partial charge is 0.265 e. The molecule has 0 atom stereocenters. The molecule has 0 saturated carbocycles. The quantitative estimate of drug-likeness (QED) is 0.454. The molecule has 3 heteroatoms. The third-order valence-electron chi connectivity index (χ3n) is 0.656. The molecular formula is C4H5N3. The van der Waals surface area contributed by atoms with Crippen molar-refractivity contribution >= 4 is 17.9 Å². The molecule has 0 radical (unpaired) electrons. The summed E-state index contributed by atoms with van der Waals surface area (Å²) in [4.78, 5) is 7.24. The molecule has 1 aliphatic rings. The number of rotatable bonds is 0. The van der Waals surface area contributed by atoms with E-state index in [2.05, 4.69) is 9.98 Å². The minimum absolute atomic E-state index is 0.109. The molecule has 0 aromatic rings. The van der Waals surface area contributed by atoms with Gasteiger partial charge in [-0.25, -0.2) is 9.98 Å². The van der Waals surface area contributed by atoms with E-state index < -0.39 is 0 Å². The van der Waals surface area contributed by atoms with E-state index in [0.29, 0.717) is 0 Å². The Bertz CT molecular complexity index is 154. The van der Waals surface area contributed by atoms with Crippen molar-refractivity contribution in [1.82, 2.24) is 0 Å². The van der Waals surface area contributed by atoms with Gasteiger partial charge in [0.15, 0.2) is 0 Å². The normalized spacial score (nSPS) is 17.9. The molecule has 3 nitrogen and oxygen atoms in total. The highest BCUT2D eigenvalue weighted by atomic mass is 15.1. The average molecular weight is 95.1 g/mol. The summed E-state index contributed by atoms with van der Waals surface area (Å²) in [5.74, 6) is 0.109. The van der Waals surface area contributed by atoms with Crippen molar-refractivity contribution in [2.24, 2.45) is 9.98 Å². The van der Waals surface area contributed by atoms with E-state index in [4.69, 9.17) is 5.41 Å². The van der Waals surface area contributed by atoms with E-state index in [1.54, 1.807) is 6.21 Å². The van der Waals surface area contributed by atoms with Crippen LogP contribution in [-0.2, 0) is 0 Å². The number of nitrogens with zero attached hydrogens (tertiary/aromatic N) is 2. The van der Waals surface area contributed by atoms with Crippen LogP contribution in [0.5, 0.6) is 0 Å². The Hall–Kier alpha value is -0.990. The van der Waals surface area contributed by atoms with Gasteiger partial charge in [-0.1, -0.05) is 0 Å². The van der Waals surface area contributed by atoms with E-state index in [9.17, 15) is 0 Å². The molecule has 0 spiro atoms. The maximum absolute atomic E-state index is 6.79. The van der Waals surface area contributed by atoms with E-state index in [1.165, 1.54) is 0 Å². The lowest BCUT2D eigenvalue weighted by Crippen LogP contribution is -1.83. The molecule has 0 unspecified atom stereocenters. The smallest absolute Gasteiger partial charge is 0.242 e. The van der Waals surface area contributed by atoms with Crippen molar-refractivity contribution in [3.8, 4) is 0 Å². The summed E-state index contributed by atoms with van der Waals surface area (Å²) in [5.41, 5.74) is 0.810. The lowest BCUT2D eigenvalue weighted by Gasteiger charge is -1.72. The third-order valence-corrected chi connectivity index (χ3v) is 0.656. The van der Waals surface area contributed by atoms with Gasteiger partial charge >= 0.3 is 0 Å². The minimum atomic E-state index is 0.109.